The summed E-state index contributed by atoms with van der Waals surface area (Å²) in [4.78, 5) is 28.3. The summed E-state index contributed by atoms with van der Waals surface area (Å²) in [6, 6.07) is 11.5. The molecule has 5 fully saturated rings. The Morgan fingerprint density at radius 3 is 1.29 bits per heavy atom. The molecule has 17 rings (SSSR count). The molecule has 0 spiro atoms. The van der Waals surface area contributed by atoms with E-state index in [1.807, 2.05) is 79.6 Å². The molecule has 6 N–H and O–H groups in total. The van der Waals surface area contributed by atoms with Crippen LogP contribution < -0.4 is 11.5 Å². The monoisotopic (exact) mass is 1320 g/mol. The maximum absolute atomic E-state index is 10.7. The molecule has 8 aliphatic rings. The topological polar surface area (TPSA) is 277 Å². The van der Waals surface area contributed by atoms with Crippen molar-refractivity contribution < 1.29 is 57.6 Å². The lowest BCUT2D eigenvalue weighted by molar-refractivity contribution is -0.212. The fourth-order valence-corrected chi connectivity index (χ4v) is 17.6. The van der Waals surface area contributed by atoms with Crippen molar-refractivity contribution >= 4 is 125 Å². The molecule has 0 amide bonds. The van der Waals surface area contributed by atoms with Crippen LogP contribution in [0.2, 0.25) is 18.2 Å². The van der Waals surface area contributed by atoms with Crippen LogP contribution in [0.15, 0.2) is 74.0 Å². The summed E-state index contributed by atoms with van der Waals surface area (Å²) in [5.74, 6) is -0.675. The third-order valence-corrected chi connectivity index (χ3v) is 21.3. The molecule has 458 valence electrons. The van der Waals surface area contributed by atoms with E-state index in [0.717, 1.165) is 58.9 Å². The van der Waals surface area contributed by atoms with Gasteiger partial charge >= 0.3 is 0 Å². The van der Waals surface area contributed by atoms with Gasteiger partial charge in [-0.3, -0.25) is 0 Å². The largest absolute Gasteiger partial charge is 0.387 e. The van der Waals surface area contributed by atoms with Crippen molar-refractivity contribution in [1.82, 2.24) is 43.6 Å². The molecular weight excluding hydrogens is 1270 g/mol. The van der Waals surface area contributed by atoms with Crippen molar-refractivity contribution in [3.05, 3.63) is 123 Å². The van der Waals surface area contributed by atoms with E-state index >= 15 is 0 Å². The summed E-state index contributed by atoms with van der Waals surface area (Å²) in [7, 11) is 0. The lowest BCUT2D eigenvalue weighted by atomic mass is 9.99. The number of halogens is 4. The Labute approximate surface area is 528 Å². The molecule has 23 nitrogen and oxygen atoms in total. The van der Waals surface area contributed by atoms with Crippen molar-refractivity contribution in [3.8, 4) is 0 Å². The van der Waals surface area contributed by atoms with E-state index in [-0.39, 0.29) is 48.8 Å². The average molecular weight is 1330 g/mol. The van der Waals surface area contributed by atoms with Crippen LogP contribution in [0.5, 0.6) is 0 Å². The summed E-state index contributed by atoms with van der Waals surface area (Å²) < 4.78 is 70.4. The predicted octanol–water partition coefficient (Wildman–Crippen LogP) is 9.65. The first-order valence-electron chi connectivity index (χ1n) is 28.2. The Balaban J connectivity index is 0.000000110. The minimum atomic E-state index is -1.15. The molecule has 0 radical (unpaired) electrons. The summed E-state index contributed by atoms with van der Waals surface area (Å²) in [6.45, 7) is 9.42. The number of thiophene rings is 3. The third-order valence-electron chi connectivity index (χ3n) is 16.9. The standard InChI is InChI=1S/C20H19Cl2N3O4S.C20H21ClN4O4S.C17H17ClN4O4S/c2*1-20(2)28-13-12(14-16-9(4-6-26-14)7-11(21)30-16)27-19(15(13)29-20)25-5-3-10-17(22)23-8-24-18(10)25;18-9-5-7-2-4-25-13(14(7)27-9)12-10(23)11(24)17(26-12)22-3-1-8-15(19)20-6-21-16(8)22/h3,5,7-8,12-15,19H,4,6H2,1-2H3;3,5,7-8,12-15,19H,4,6H2,1-2H3,(H2,22,23,24);1,3,5-6,10-13,17,23-24H,2,4H2,(H2,19,20,21)/t2*12-,13+,14+,15+,19+;10-,11+,12-,13+,17+/m000/s1. The van der Waals surface area contributed by atoms with Crippen molar-refractivity contribution in [1.29, 1.82) is 0 Å². The number of nitrogens with zero attached hydrogens (tertiary/aromatic N) is 9. The number of hydrogen-bond donors (Lipinski definition) is 4. The molecule has 9 aromatic rings. The van der Waals surface area contributed by atoms with Gasteiger partial charge in [0, 0.05) is 33.2 Å². The Bertz CT molecular complexity index is 3910. The first kappa shape index (κ1) is 58.6. The summed E-state index contributed by atoms with van der Waals surface area (Å²) in [5, 5.41) is 24.0. The Kier molecular flexibility index (Phi) is 15.2. The van der Waals surface area contributed by atoms with Crippen molar-refractivity contribution in [2.45, 2.75) is 150 Å². The van der Waals surface area contributed by atoms with Gasteiger partial charge in [-0.15, -0.1) is 34.0 Å². The average Bonchev–Trinajstić information content (AvgIpc) is 1.90. The molecule has 17 heterocycles. The number of rotatable bonds is 6. The smallest absolute Gasteiger partial charge is 0.164 e. The van der Waals surface area contributed by atoms with Gasteiger partial charge in [0.25, 0.3) is 0 Å². The molecule has 0 aliphatic carbocycles. The zero-order valence-corrected chi connectivity index (χ0v) is 52.2. The van der Waals surface area contributed by atoms with Crippen molar-refractivity contribution in [2.24, 2.45) is 0 Å². The van der Waals surface area contributed by atoms with Crippen LogP contribution in [0.4, 0.5) is 11.6 Å². The molecule has 8 aliphatic heterocycles. The van der Waals surface area contributed by atoms with E-state index in [2.05, 4.69) is 29.9 Å². The van der Waals surface area contributed by atoms with Gasteiger partial charge in [-0.1, -0.05) is 46.4 Å². The summed E-state index contributed by atoms with van der Waals surface area (Å²) >= 11 is 29.5. The second-order valence-electron chi connectivity index (χ2n) is 23.1. The zero-order valence-electron chi connectivity index (χ0n) is 46.7. The molecule has 5 saturated heterocycles. The zero-order chi connectivity index (χ0) is 59.9. The van der Waals surface area contributed by atoms with Gasteiger partial charge in [0.05, 0.1) is 49.0 Å². The van der Waals surface area contributed by atoms with Crippen LogP contribution in [0.25, 0.3) is 33.1 Å². The normalized spacial score (nSPS) is 31.9. The van der Waals surface area contributed by atoms with Crippen molar-refractivity contribution in [2.75, 3.05) is 31.3 Å². The molecule has 0 saturated carbocycles. The Morgan fingerprint density at radius 1 is 0.471 bits per heavy atom. The predicted molar refractivity (Wildman–Crippen MR) is 323 cm³/mol. The number of anilines is 2. The maximum atomic E-state index is 10.7. The Morgan fingerprint density at radius 2 is 0.839 bits per heavy atom. The molecule has 87 heavy (non-hydrogen) atoms. The van der Waals surface area contributed by atoms with Gasteiger partial charge in [0.2, 0.25) is 0 Å². The maximum Gasteiger partial charge on any atom is 0.164 e. The number of nitrogen functional groups attached to an aromatic ring is 2. The highest BCUT2D eigenvalue weighted by molar-refractivity contribution is 7.17. The highest BCUT2D eigenvalue weighted by Gasteiger charge is 2.61. The molecule has 0 aromatic carbocycles. The molecule has 0 unspecified atom stereocenters. The minimum absolute atomic E-state index is 0.261. The highest BCUT2D eigenvalue weighted by Crippen LogP contribution is 2.53. The second-order valence-corrected chi connectivity index (χ2v) is 28.6. The van der Waals surface area contributed by atoms with Crippen LogP contribution in [-0.4, -0.2) is 140 Å². The van der Waals surface area contributed by atoms with Crippen LogP contribution in [-0.2, 0) is 66.6 Å². The van der Waals surface area contributed by atoms with E-state index in [0.29, 0.717) is 63.3 Å². The van der Waals surface area contributed by atoms with Gasteiger partial charge in [-0.05, 0) is 100 Å². The van der Waals surface area contributed by atoms with Gasteiger partial charge in [0.15, 0.2) is 30.3 Å². The lowest BCUT2D eigenvalue weighted by Crippen LogP contribution is -2.37. The molecule has 0 bridgehead atoms. The van der Waals surface area contributed by atoms with Crippen LogP contribution in [0.1, 0.15) is 96.0 Å². The summed E-state index contributed by atoms with van der Waals surface area (Å²) in [5.41, 5.74) is 17.4. The number of nitrogens with two attached hydrogens (primary N) is 2. The van der Waals surface area contributed by atoms with E-state index in [1.54, 1.807) is 39.5 Å². The third kappa shape index (κ3) is 10.3. The molecular formula is C57H57Cl4N11O12S3. The number of hydrogen-bond acceptors (Lipinski definition) is 23. The fraction of sp³-hybridized carbons (Fsp3) is 0.474. The van der Waals surface area contributed by atoms with Crippen LogP contribution >= 0.6 is 80.4 Å². The van der Waals surface area contributed by atoms with Gasteiger partial charge in [-0.2, -0.15) is 0 Å². The lowest BCUT2D eigenvalue weighted by Gasteiger charge is -2.31. The van der Waals surface area contributed by atoms with Crippen LogP contribution in [0, 0.1) is 0 Å². The molecule has 15 atom stereocenters. The molecule has 9 aromatic heterocycles. The van der Waals surface area contributed by atoms with Gasteiger partial charge in [0.1, 0.15) is 126 Å². The SMILES string of the molecule is CC1(C)O[C@H]2[C@@H](O1)[C@H](n1ccc3c(Cl)ncnc31)O[C@@H]2[C@H]1OCCc2cc(Cl)sc21.CC1(C)O[C@H]2[C@@H](O1)[C@H](n1ccc3c(N)ncnc31)O[C@@H]2[C@H]1OCCc2cc(Cl)sc21.Nc1ncnc2c1ccn2[C@@H]1O[C@H]([C@H]2OCCc3cc(Cl)sc32)[C@@H](O)[C@H]1O. The minimum Gasteiger partial charge on any atom is -0.387 e. The van der Waals surface area contributed by atoms with E-state index < -0.39 is 54.7 Å². The quantitative estimate of drug-likeness (QED) is 0.113. The number of aromatic nitrogens is 9. The second kappa shape index (κ2) is 22.6. The molecule has 30 heteroatoms. The first-order chi connectivity index (χ1) is 41.9. The summed E-state index contributed by atoms with van der Waals surface area (Å²) in [6.07, 6.45) is 4.65. The van der Waals surface area contributed by atoms with Gasteiger partial charge < -0.3 is 82.8 Å². The fourth-order valence-electron chi connectivity index (χ4n) is 13.2. The van der Waals surface area contributed by atoms with E-state index in [9.17, 15) is 10.2 Å². The number of fused-ring (bicyclic) bond motifs is 8. The number of aliphatic hydroxyl groups is 2. The van der Waals surface area contributed by atoms with Crippen LogP contribution in [0.3, 0.4) is 0 Å². The van der Waals surface area contributed by atoms with E-state index in [1.165, 1.54) is 41.4 Å². The number of aliphatic hydroxyl groups excluding tert-OH is 2. The van der Waals surface area contributed by atoms with Crippen molar-refractivity contribution in [3.63, 3.8) is 0 Å². The number of ether oxygens (including phenoxy) is 10. The Hall–Kier alpha value is -4.76. The van der Waals surface area contributed by atoms with E-state index in [4.69, 9.17) is 105 Å². The van der Waals surface area contributed by atoms with Gasteiger partial charge in [-0.25, -0.2) is 29.9 Å². The highest BCUT2D eigenvalue weighted by atomic mass is 35.5. The first-order valence-corrected chi connectivity index (χ1v) is 32.2.